The van der Waals surface area contributed by atoms with E-state index in [1.807, 2.05) is 13.8 Å². The summed E-state index contributed by atoms with van der Waals surface area (Å²) in [7, 11) is 0. The number of nitro benzene ring substituents is 1. The fraction of sp³-hybridized carbons (Fsp3) is 0.588. The van der Waals surface area contributed by atoms with E-state index in [2.05, 4.69) is 10.6 Å². The summed E-state index contributed by atoms with van der Waals surface area (Å²) in [5.74, 6) is -0.469. The number of ether oxygens (including phenoxy) is 1. The smallest absolute Gasteiger partial charge is 0.374 e. The van der Waals surface area contributed by atoms with Gasteiger partial charge in [0.2, 0.25) is 5.91 Å². The second kappa shape index (κ2) is 8.74. The molecule has 0 aromatic heterocycles. The molecular weight excluding hydrogens is 383 g/mol. The fourth-order valence-corrected chi connectivity index (χ4v) is 2.92. The maximum atomic E-state index is 13.2. The minimum absolute atomic E-state index is 0.0353. The molecule has 156 valence electrons. The predicted octanol–water partition coefficient (Wildman–Crippen LogP) is 2.66. The molecule has 1 heterocycles. The van der Waals surface area contributed by atoms with Crippen LogP contribution in [0.2, 0.25) is 0 Å². The second-order valence-electron chi connectivity index (χ2n) is 6.98. The van der Waals surface area contributed by atoms with E-state index in [9.17, 15) is 33.2 Å². The molecule has 0 aliphatic carbocycles. The van der Waals surface area contributed by atoms with Gasteiger partial charge >= 0.3 is 6.18 Å². The number of nitrogens with zero attached hydrogens (tertiary/aromatic N) is 1. The second-order valence-corrected chi connectivity index (χ2v) is 6.98. The van der Waals surface area contributed by atoms with Crippen molar-refractivity contribution in [3.8, 4) is 0 Å². The third kappa shape index (κ3) is 5.55. The van der Waals surface area contributed by atoms with Gasteiger partial charge in [-0.25, -0.2) is 0 Å². The number of alkyl halides is 3. The lowest BCUT2D eigenvalue weighted by molar-refractivity contribution is -0.388. The first kappa shape index (κ1) is 21.9. The van der Waals surface area contributed by atoms with Crippen molar-refractivity contribution in [2.45, 2.75) is 51.2 Å². The van der Waals surface area contributed by atoms with Crippen molar-refractivity contribution in [1.29, 1.82) is 0 Å². The number of hydrogen-bond acceptors (Lipinski definition) is 6. The minimum Gasteiger partial charge on any atom is -0.374 e. The van der Waals surface area contributed by atoms with Crippen molar-refractivity contribution in [3.05, 3.63) is 33.9 Å². The third-order valence-corrected chi connectivity index (χ3v) is 4.25. The van der Waals surface area contributed by atoms with Crippen molar-refractivity contribution in [2.75, 3.05) is 11.9 Å². The first-order valence-corrected chi connectivity index (χ1v) is 8.71. The minimum atomic E-state index is -4.92. The van der Waals surface area contributed by atoms with E-state index >= 15 is 0 Å². The Morgan fingerprint density at radius 3 is 2.61 bits per heavy atom. The molecule has 1 fully saturated rings. The quantitative estimate of drug-likeness (QED) is 0.475. The Morgan fingerprint density at radius 1 is 1.43 bits per heavy atom. The number of carbonyl (C=O) groups excluding carboxylic acids is 1. The Balaban J connectivity index is 2.23. The fourth-order valence-electron chi connectivity index (χ4n) is 2.92. The number of hydrogen-bond donors (Lipinski definition) is 3. The Morgan fingerprint density at radius 2 is 2.11 bits per heavy atom. The highest BCUT2D eigenvalue weighted by Gasteiger charge is 2.39. The summed E-state index contributed by atoms with van der Waals surface area (Å²) in [6.07, 6.45) is -5.34. The van der Waals surface area contributed by atoms with Crippen LogP contribution < -0.4 is 10.6 Å². The molecule has 0 spiro atoms. The van der Waals surface area contributed by atoms with Crippen LogP contribution in [0.1, 0.15) is 32.3 Å². The van der Waals surface area contributed by atoms with Gasteiger partial charge in [0, 0.05) is 11.8 Å². The normalized spacial score (nSPS) is 20.8. The van der Waals surface area contributed by atoms with Crippen LogP contribution in [0.25, 0.3) is 0 Å². The van der Waals surface area contributed by atoms with Crippen LogP contribution in [0.4, 0.5) is 24.5 Å². The Kier molecular flexibility index (Phi) is 6.83. The third-order valence-electron chi connectivity index (χ3n) is 4.25. The molecule has 11 heteroatoms. The van der Waals surface area contributed by atoms with Crippen LogP contribution in [0, 0.1) is 16.0 Å². The van der Waals surface area contributed by atoms with E-state index in [0.717, 1.165) is 12.1 Å². The van der Waals surface area contributed by atoms with Gasteiger partial charge in [-0.1, -0.05) is 13.8 Å². The molecule has 1 aromatic carbocycles. The lowest BCUT2D eigenvalue weighted by Gasteiger charge is -2.24. The summed E-state index contributed by atoms with van der Waals surface area (Å²) in [4.78, 5) is 22.3. The number of amides is 1. The lowest BCUT2D eigenvalue weighted by Crippen LogP contribution is -2.48. The maximum absolute atomic E-state index is 13.2. The highest BCUT2D eigenvalue weighted by atomic mass is 19.4. The number of benzene rings is 1. The van der Waals surface area contributed by atoms with Gasteiger partial charge in [0.25, 0.3) is 5.69 Å². The van der Waals surface area contributed by atoms with Crippen molar-refractivity contribution < 1.29 is 32.7 Å². The van der Waals surface area contributed by atoms with Crippen LogP contribution in [0.15, 0.2) is 18.2 Å². The average Bonchev–Trinajstić information content (AvgIpc) is 2.97. The zero-order valence-electron chi connectivity index (χ0n) is 15.3. The topological polar surface area (TPSA) is 114 Å². The van der Waals surface area contributed by atoms with Gasteiger partial charge in [-0.05, 0) is 30.9 Å². The molecular formula is C17H22F3N3O5. The number of nitro groups is 1. The standard InChI is InChI=1S/C17H22F3N3O5/c1-9(2)7-13(15(24)22-12-5-6-28-16(12)25)21-10-3-4-14(23(26)27)11(8-10)17(18,19)20/h3-4,8-9,12-13,16,21,25H,5-7H2,1-2H3,(H,22,24). The van der Waals surface area contributed by atoms with E-state index < -0.39 is 46.6 Å². The molecule has 1 aromatic rings. The molecule has 1 aliphatic heterocycles. The van der Waals surface area contributed by atoms with E-state index in [-0.39, 0.29) is 18.2 Å². The number of aliphatic hydroxyl groups excluding tert-OH is 1. The summed E-state index contributed by atoms with van der Waals surface area (Å²) in [6.45, 7) is 3.96. The molecule has 28 heavy (non-hydrogen) atoms. The lowest BCUT2D eigenvalue weighted by atomic mass is 10.0. The number of carbonyl (C=O) groups is 1. The van der Waals surface area contributed by atoms with Crippen LogP contribution in [-0.2, 0) is 15.7 Å². The number of anilines is 1. The van der Waals surface area contributed by atoms with Crippen LogP contribution in [0.5, 0.6) is 0 Å². The summed E-state index contributed by atoms with van der Waals surface area (Å²) in [6, 6.07) is 1.000. The molecule has 3 unspecified atom stereocenters. The first-order chi connectivity index (χ1) is 13.0. The summed E-state index contributed by atoms with van der Waals surface area (Å²) < 4.78 is 44.4. The summed E-state index contributed by atoms with van der Waals surface area (Å²) in [5, 5.41) is 25.9. The van der Waals surface area contributed by atoms with Gasteiger partial charge < -0.3 is 20.5 Å². The first-order valence-electron chi connectivity index (χ1n) is 8.71. The maximum Gasteiger partial charge on any atom is 0.423 e. The Hall–Kier alpha value is -2.40. The molecule has 3 atom stereocenters. The van der Waals surface area contributed by atoms with Crippen molar-refractivity contribution in [3.63, 3.8) is 0 Å². The average molecular weight is 405 g/mol. The predicted molar refractivity (Wildman–Crippen MR) is 93.5 cm³/mol. The van der Waals surface area contributed by atoms with Crippen molar-refractivity contribution >= 4 is 17.3 Å². The molecule has 0 bridgehead atoms. The van der Waals surface area contributed by atoms with Crippen LogP contribution in [-0.4, -0.2) is 40.9 Å². The number of rotatable bonds is 7. The molecule has 1 saturated heterocycles. The van der Waals surface area contributed by atoms with Crippen LogP contribution >= 0.6 is 0 Å². The molecule has 0 radical (unpaired) electrons. The van der Waals surface area contributed by atoms with Crippen LogP contribution in [0.3, 0.4) is 0 Å². The number of halogens is 3. The highest BCUT2D eigenvalue weighted by Crippen LogP contribution is 2.37. The number of nitrogens with one attached hydrogen (secondary N) is 2. The molecule has 8 nitrogen and oxygen atoms in total. The largest absolute Gasteiger partial charge is 0.423 e. The molecule has 3 N–H and O–H groups in total. The summed E-state index contributed by atoms with van der Waals surface area (Å²) >= 11 is 0. The van der Waals surface area contributed by atoms with E-state index in [0.29, 0.717) is 18.9 Å². The Labute approximate surface area is 159 Å². The van der Waals surface area contributed by atoms with Gasteiger partial charge in [-0.2, -0.15) is 13.2 Å². The molecule has 1 aliphatic rings. The summed E-state index contributed by atoms with van der Waals surface area (Å²) in [5.41, 5.74) is -2.53. The van der Waals surface area contributed by atoms with Crippen molar-refractivity contribution in [1.82, 2.24) is 5.32 Å². The molecule has 1 amide bonds. The SMILES string of the molecule is CC(C)CC(Nc1ccc([N+](=O)[O-])c(C(F)(F)F)c1)C(=O)NC1CCOC1O. The van der Waals surface area contributed by atoms with Gasteiger partial charge in [0.15, 0.2) is 6.29 Å². The van der Waals surface area contributed by atoms with Gasteiger partial charge in [-0.15, -0.1) is 0 Å². The zero-order chi connectivity index (χ0) is 21.1. The monoisotopic (exact) mass is 405 g/mol. The number of aliphatic hydroxyl groups is 1. The molecule has 2 rings (SSSR count). The van der Waals surface area contributed by atoms with Gasteiger partial charge in [-0.3, -0.25) is 14.9 Å². The highest BCUT2D eigenvalue weighted by molar-refractivity contribution is 5.85. The van der Waals surface area contributed by atoms with Gasteiger partial charge in [0.1, 0.15) is 11.6 Å². The van der Waals surface area contributed by atoms with E-state index in [1.165, 1.54) is 0 Å². The van der Waals surface area contributed by atoms with E-state index in [4.69, 9.17) is 4.74 Å². The Bertz CT molecular complexity index is 726. The zero-order valence-corrected chi connectivity index (χ0v) is 15.3. The molecule has 0 saturated carbocycles. The van der Waals surface area contributed by atoms with E-state index in [1.54, 1.807) is 0 Å². The van der Waals surface area contributed by atoms with Crippen molar-refractivity contribution in [2.24, 2.45) is 5.92 Å². The van der Waals surface area contributed by atoms with Gasteiger partial charge in [0.05, 0.1) is 17.6 Å².